The molecule has 24 heavy (non-hydrogen) atoms. The van der Waals surface area contributed by atoms with Gasteiger partial charge in [-0.2, -0.15) is 0 Å². The van der Waals surface area contributed by atoms with E-state index in [4.69, 9.17) is 29.3 Å². The third kappa shape index (κ3) is 3.17. The minimum Gasteiger partial charge on any atom is -0.493 e. The van der Waals surface area contributed by atoms with E-state index in [9.17, 15) is 4.39 Å². The Morgan fingerprint density at radius 1 is 1.33 bits per heavy atom. The van der Waals surface area contributed by atoms with Crippen molar-refractivity contribution in [3.05, 3.63) is 53.7 Å². The summed E-state index contributed by atoms with van der Waals surface area (Å²) in [5, 5.41) is 2.47. The van der Waals surface area contributed by atoms with E-state index in [0.29, 0.717) is 0 Å². The van der Waals surface area contributed by atoms with Crippen molar-refractivity contribution in [2.75, 3.05) is 26.3 Å². The summed E-state index contributed by atoms with van der Waals surface area (Å²) in [6, 6.07) is -0.151. The molecule has 5 heteroatoms. The van der Waals surface area contributed by atoms with Gasteiger partial charge in [-0.15, -0.1) is 0 Å². The van der Waals surface area contributed by atoms with Crippen molar-refractivity contribution in [1.82, 2.24) is 5.32 Å². The van der Waals surface area contributed by atoms with Crippen LogP contribution in [0.2, 0.25) is 0 Å². The van der Waals surface area contributed by atoms with E-state index in [0.717, 1.165) is 0 Å². The fourth-order valence-corrected chi connectivity index (χ4v) is 2.38. The first kappa shape index (κ1) is 7.31. The zero-order chi connectivity index (χ0) is 26.1. The SMILES string of the molecule is [2H]c1c([2H])c(C2([2H])CC([2H])([2H])NC[C@H]2C([2H])([2H])Oc2ccc3c(c2)OC([2H])([2H])O3)c([2H])c([2H])c1F. The molecule has 0 spiro atoms. The highest BCUT2D eigenvalue weighted by Gasteiger charge is 2.27. The molecule has 1 N–H and O–H groups in total. The van der Waals surface area contributed by atoms with Gasteiger partial charge in [0.05, 0.1) is 14.8 Å². The van der Waals surface area contributed by atoms with Crippen LogP contribution in [0.3, 0.4) is 0 Å². The molecule has 0 bridgehead atoms. The Morgan fingerprint density at radius 2 is 2.17 bits per heavy atom. The minimum absolute atomic E-state index is 0.0558. The first-order valence-corrected chi connectivity index (χ1v) is 7.20. The Bertz CT molecular complexity index is 1170. The molecule has 126 valence electrons. The Labute approximate surface area is 156 Å². The number of hydrogen-bond donors (Lipinski definition) is 1. The highest BCUT2D eigenvalue weighted by atomic mass is 19.1. The van der Waals surface area contributed by atoms with Crippen molar-refractivity contribution in [1.29, 1.82) is 0 Å². The molecule has 0 saturated carbocycles. The molecule has 2 heterocycles. The van der Waals surface area contributed by atoms with Crippen LogP contribution in [0, 0.1) is 11.7 Å². The minimum atomic E-state index is -2.75. The monoisotopic (exact) mass is 340 g/mol. The van der Waals surface area contributed by atoms with E-state index in [-0.39, 0.29) is 17.2 Å². The normalized spacial score (nSPS) is 36.9. The zero-order valence-corrected chi connectivity index (χ0v) is 12.3. The summed E-state index contributed by atoms with van der Waals surface area (Å²) in [5.41, 5.74) is -0.643. The molecule has 2 aliphatic rings. The highest BCUT2D eigenvalue weighted by Crippen LogP contribution is 2.36. The van der Waals surface area contributed by atoms with Crippen LogP contribution in [-0.4, -0.2) is 26.3 Å². The lowest BCUT2D eigenvalue weighted by atomic mass is 9.81. The van der Waals surface area contributed by atoms with Crippen LogP contribution in [0.5, 0.6) is 17.2 Å². The van der Waals surface area contributed by atoms with Crippen molar-refractivity contribution in [2.24, 2.45) is 5.92 Å². The summed E-state index contributed by atoms with van der Waals surface area (Å²) in [7, 11) is 0. The summed E-state index contributed by atoms with van der Waals surface area (Å²) < 4.78 is 119. The largest absolute Gasteiger partial charge is 0.493 e. The Hall–Kier alpha value is -2.27. The average Bonchev–Trinajstić information content (AvgIpc) is 3.02. The molecular formula is C19H20FNO3. The Morgan fingerprint density at radius 3 is 3.04 bits per heavy atom. The van der Waals surface area contributed by atoms with Crippen molar-refractivity contribution in [3.8, 4) is 17.2 Å². The molecule has 1 saturated heterocycles. The number of halogens is 1. The molecule has 1 unspecified atom stereocenters. The van der Waals surface area contributed by atoms with Gasteiger partial charge in [0.25, 0.3) is 0 Å². The molecule has 0 aliphatic carbocycles. The zero-order valence-electron chi connectivity index (χ0n) is 23.3. The topological polar surface area (TPSA) is 39.7 Å². The highest BCUT2D eigenvalue weighted by molar-refractivity contribution is 5.46. The standard InChI is InChI=1S/C19H20FNO3/c20-15-3-1-13(2-4-15)17-7-8-21-10-14(17)11-22-16-5-6-18-19(9-16)24-12-23-18/h1-6,9,14,17,21H,7-8,10-12H2/t14-,17?/m0/s1/i1D,2D,3D,4D,8D2,11D2,12D2,17D. The van der Waals surface area contributed by atoms with Crippen molar-refractivity contribution in [3.63, 3.8) is 0 Å². The maximum Gasteiger partial charge on any atom is 0.231 e. The number of piperidine rings is 1. The van der Waals surface area contributed by atoms with Gasteiger partial charge in [-0.1, -0.05) is 12.1 Å². The van der Waals surface area contributed by atoms with Gasteiger partial charge in [-0.05, 0) is 48.6 Å². The van der Waals surface area contributed by atoms with Crippen molar-refractivity contribution in [2.45, 2.75) is 12.3 Å². The molecule has 4 nitrogen and oxygen atoms in total. The fraction of sp³-hybridized carbons (Fsp3) is 0.368. The smallest absolute Gasteiger partial charge is 0.231 e. The maximum atomic E-state index is 14.1. The van der Waals surface area contributed by atoms with Gasteiger partial charge in [0.15, 0.2) is 11.5 Å². The molecule has 0 aromatic heterocycles. The number of nitrogens with one attached hydrogen (secondary N) is 1. The first-order valence-electron chi connectivity index (χ1n) is 12.7. The van der Waals surface area contributed by atoms with Gasteiger partial charge < -0.3 is 19.5 Å². The van der Waals surface area contributed by atoms with Crippen LogP contribution in [0.25, 0.3) is 0 Å². The number of fused-ring (bicyclic) bond motifs is 1. The summed E-state index contributed by atoms with van der Waals surface area (Å²) in [5.74, 6) is -5.56. The second kappa shape index (κ2) is 6.69. The van der Waals surface area contributed by atoms with E-state index in [1.54, 1.807) is 0 Å². The average molecular weight is 340 g/mol. The van der Waals surface area contributed by atoms with E-state index in [2.05, 4.69) is 5.32 Å². The summed E-state index contributed by atoms with van der Waals surface area (Å²) in [6.45, 7) is -7.91. The Balaban J connectivity index is 1.77. The molecular weight excluding hydrogens is 309 g/mol. The lowest BCUT2D eigenvalue weighted by Crippen LogP contribution is -2.38. The van der Waals surface area contributed by atoms with Crippen LogP contribution < -0.4 is 19.5 Å². The van der Waals surface area contributed by atoms with Crippen LogP contribution in [0.15, 0.2) is 42.4 Å². The third-order valence-corrected chi connectivity index (χ3v) is 3.58. The molecule has 2 aliphatic heterocycles. The molecule has 4 rings (SSSR count). The fourth-order valence-electron chi connectivity index (χ4n) is 2.38. The predicted molar refractivity (Wildman–Crippen MR) is 88.2 cm³/mol. The molecule has 0 amide bonds. The van der Waals surface area contributed by atoms with Gasteiger partial charge in [-0.3, -0.25) is 0 Å². The van der Waals surface area contributed by atoms with Crippen molar-refractivity contribution < 1.29 is 33.7 Å². The van der Waals surface area contributed by atoms with Gasteiger partial charge >= 0.3 is 0 Å². The van der Waals surface area contributed by atoms with Crippen LogP contribution in [0.1, 0.15) is 33.0 Å². The van der Waals surface area contributed by atoms with Gasteiger partial charge in [0.1, 0.15) is 14.3 Å². The van der Waals surface area contributed by atoms with E-state index >= 15 is 0 Å². The third-order valence-electron chi connectivity index (χ3n) is 3.58. The Kier molecular flexibility index (Phi) is 2.04. The molecule has 0 radical (unpaired) electrons. The second-order valence-corrected chi connectivity index (χ2v) is 5.12. The molecule has 2 aromatic rings. The van der Waals surface area contributed by atoms with Crippen molar-refractivity contribution >= 4 is 0 Å². The number of ether oxygens (including phenoxy) is 3. The van der Waals surface area contributed by atoms with E-state index < -0.39 is 80.1 Å². The number of rotatable bonds is 4. The molecule has 1 fully saturated rings. The van der Waals surface area contributed by atoms with Gasteiger partial charge in [0.2, 0.25) is 6.75 Å². The van der Waals surface area contributed by atoms with Crippen LogP contribution >= 0.6 is 0 Å². The maximum absolute atomic E-state index is 14.1. The molecule has 2 atom stereocenters. The lowest BCUT2D eigenvalue weighted by Gasteiger charge is -2.32. The van der Waals surface area contributed by atoms with E-state index in [1.165, 1.54) is 18.2 Å². The second-order valence-electron chi connectivity index (χ2n) is 5.12. The van der Waals surface area contributed by atoms with Gasteiger partial charge in [-0.25, -0.2) is 4.39 Å². The quantitative estimate of drug-likeness (QED) is 0.927. The summed E-state index contributed by atoms with van der Waals surface area (Å²) in [4.78, 5) is 0. The van der Waals surface area contributed by atoms with E-state index in [1.807, 2.05) is 0 Å². The number of benzene rings is 2. The van der Waals surface area contributed by atoms with Crippen LogP contribution in [-0.2, 0) is 0 Å². The van der Waals surface area contributed by atoms with Gasteiger partial charge in [0, 0.05) is 22.6 Å². The number of hydrogen-bond acceptors (Lipinski definition) is 4. The summed E-state index contributed by atoms with van der Waals surface area (Å²) >= 11 is 0. The lowest BCUT2D eigenvalue weighted by molar-refractivity contribution is 0.173. The predicted octanol–water partition coefficient (Wildman–Crippen LogP) is 3.33. The van der Waals surface area contributed by atoms with Crippen LogP contribution in [0.4, 0.5) is 4.39 Å². The first-order chi connectivity index (χ1) is 16.0. The summed E-state index contributed by atoms with van der Waals surface area (Å²) in [6.07, 6.45) is -0.781. The molecule has 2 aromatic carbocycles.